The van der Waals surface area contributed by atoms with Crippen molar-refractivity contribution >= 4 is 10.0 Å². The van der Waals surface area contributed by atoms with Crippen molar-refractivity contribution in [3.63, 3.8) is 0 Å². The minimum Gasteiger partial charge on any atom is -0.332 e. The summed E-state index contributed by atoms with van der Waals surface area (Å²) in [4.78, 5) is 4.36. The van der Waals surface area contributed by atoms with E-state index in [0.29, 0.717) is 17.9 Å². The molecule has 4 rings (SSSR count). The van der Waals surface area contributed by atoms with E-state index in [9.17, 15) is 12.8 Å². The van der Waals surface area contributed by atoms with Gasteiger partial charge in [0.15, 0.2) is 11.5 Å². The highest BCUT2D eigenvalue weighted by molar-refractivity contribution is 7.89. The minimum atomic E-state index is -3.77. The van der Waals surface area contributed by atoms with E-state index < -0.39 is 15.8 Å². The maximum Gasteiger partial charge on any atom is 0.278 e. The molecule has 0 radical (unpaired) electrons. The van der Waals surface area contributed by atoms with Gasteiger partial charge in [-0.1, -0.05) is 12.1 Å². The molecule has 27 heavy (non-hydrogen) atoms. The minimum absolute atomic E-state index is 0.0646. The summed E-state index contributed by atoms with van der Waals surface area (Å²) >= 11 is 0. The molecule has 0 bridgehead atoms. The quantitative estimate of drug-likeness (QED) is 0.677. The molecule has 142 valence electrons. The fraction of sp³-hybridized carbons (Fsp3) is 0.353. The van der Waals surface area contributed by atoms with Crippen molar-refractivity contribution in [3.05, 3.63) is 46.7 Å². The second kappa shape index (κ2) is 6.24. The van der Waals surface area contributed by atoms with Crippen LogP contribution in [0.25, 0.3) is 11.6 Å². The normalized spacial score (nSPS) is 14.7. The molecule has 0 saturated heterocycles. The summed E-state index contributed by atoms with van der Waals surface area (Å²) in [6.45, 7) is 3.76. The lowest BCUT2D eigenvalue weighted by molar-refractivity contribution is 0.412. The van der Waals surface area contributed by atoms with Gasteiger partial charge in [-0.25, -0.2) is 12.8 Å². The Hall–Kier alpha value is -2.59. The van der Waals surface area contributed by atoms with Gasteiger partial charge >= 0.3 is 0 Å². The van der Waals surface area contributed by atoms with Crippen LogP contribution in [0.4, 0.5) is 4.39 Å². The van der Waals surface area contributed by atoms with E-state index in [1.165, 1.54) is 29.4 Å². The molecule has 0 amide bonds. The summed E-state index contributed by atoms with van der Waals surface area (Å²) in [5, 5.41) is 8.29. The number of aromatic nitrogens is 4. The predicted octanol–water partition coefficient (Wildman–Crippen LogP) is 2.18. The Morgan fingerprint density at radius 3 is 2.74 bits per heavy atom. The molecule has 10 heteroatoms. The van der Waals surface area contributed by atoms with Crippen LogP contribution in [0.5, 0.6) is 0 Å². The van der Waals surface area contributed by atoms with Gasteiger partial charge in [0.2, 0.25) is 10.0 Å². The Bertz CT molecular complexity index is 1140. The van der Waals surface area contributed by atoms with E-state index in [2.05, 4.69) is 15.2 Å². The highest BCUT2D eigenvalue weighted by atomic mass is 32.2. The molecule has 3 heterocycles. The topological polar surface area (TPSA) is 94.1 Å². The van der Waals surface area contributed by atoms with Crippen LogP contribution >= 0.6 is 0 Å². The largest absolute Gasteiger partial charge is 0.332 e. The third kappa shape index (κ3) is 2.85. The fourth-order valence-corrected chi connectivity index (χ4v) is 4.58. The summed E-state index contributed by atoms with van der Waals surface area (Å²) in [6, 6.07) is 3.80. The maximum absolute atomic E-state index is 13.5. The van der Waals surface area contributed by atoms with E-state index in [0.717, 1.165) is 11.3 Å². The fourth-order valence-electron chi connectivity index (χ4n) is 3.13. The van der Waals surface area contributed by atoms with Gasteiger partial charge in [-0.05, 0) is 30.7 Å². The summed E-state index contributed by atoms with van der Waals surface area (Å²) in [7, 11) is -2.02. The zero-order chi connectivity index (χ0) is 19.3. The Labute approximate surface area is 155 Å². The smallest absolute Gasteiger partial charge is 0.278 e. The first-order chi connectivity index (χ1) is 12.8. The molecule has 8 nitrogen and oxygen atoms in total. The van der Waals surface area contributed by atoms with Crippen molar-refractivity contribution in [2.75, 3.05) is 0 Å². The molecule has 0 aliphatic carbocycles. The van der Waals surface area contributed by atoms with Crippen molar-refractivity contribution in [1.29, 1.82) is 0 Å². The van der Waals surface area contributed by atoms with Crippen molar-refractivity contribution in [1.82, 2.24) is 24.2 Å². The molecule has 0 spiro atoms. The van der Waals surface area contributed by atoms with E-state index in [1.807, 2.05) is 6.92 Å². The van der Waals surface area contributed by atoms with Gasteiger partial charge in [-0.15, -0.1) is 0 Å². The molecule has 0 unspecified atom stereocenters. The van der Waals surface area contributed by atoms with Crippen molar-refractivity contribution in [2.45, 2.75) is 38.3 Å². The molecular formula is C17H18FN5O3S. The first-order valence-corrected chi connectivity index (χ1v) is 9.89. The van der Waals surface area contributed by atoms with Crippen LogP contribution in [0.3, 0.4) is 0 Å². The zero-order valence-electron chi connectivity index (χ0n) is 15.1. The first-order valence-electron chi connectivity index (χ1n) is 8.45. The standard InChI is InChI=1S/C17H18FN5O3S/c1-4-15-19-17(26-21-15)16-12-8-23(9-14(12)22(3)20-16)27(24,25)11-5-6-13(18)10(2)7-11/h5-7H,4,8-9H2,1-3H3. The second-order valence-electron chi connectivity index (χ2n) is 6.45. The summed E-state index contributed by atoms with van der Waals surface area (Å²) in [5.74, 6) is 0.405. The summed E-state index contributed by atoms with van der Waals surface area (Å²) in [6.07, 6.45) is 0.628. The Kier molecular flexibility index (Phi) is 4.11. The summed E-state index contributed by atoms with van der Waals surface area (Å²) < 4.78 is 47.7. The van der Waals surface area contributed by atoms with Crippen LogP contribution in [-0.2, 0) is 36.6 Å². The van der Waals surface area contributed by atoms with Gasteiger partial charge in [0, 0.05) is 25.6 Å². The monoisotopic (exact) mass is 391 g/mol. The van der Waals surface area contributed by atoms with Gasteiger partial charge in [0.05, 0.1) is 17.1 Å². The molecule has 0 atom stereocenters. The molecule has 1 aromatic carbocycles. The second-order valence-corrected chi connectivity index (χ2v) is 8.39. The number of sulfonamides is 1. The van der Waals surface area contributed by atoms with Gasteiger partial charge < -0.3 is 4.52 Å². The van der Waals surface area contributed by atoms with Gasteiger partial charge in [0.25, 0.3) is 5.89 Å². The predicted molar refractivity (Wildman–Crippen MR) is 93.4 cm³/mol. The molecule has 2 aromatic heterocycles. The Morgan fingerprint density at radius 2 is 2.07 bits per heavy atom. The average Bonchev–Trinajstić information content (AvgIpc) is 3.34. The number of nitrogens with zero attached hydrogens (tertiary/aromatic N) is 5. The van der Waals surface area contributed by atoms with Crippen LogP contribution in [0.1, 0.15) is 29.6 Å². The Morgan fingerprint density at radius 1 is 1.30 bits per heavy atom. The number of hydrogen-bond donors (Lipinski definition) is 0. The zero-order valence-corrected chi connectivity index (χ0v) is 15.9. The maximum atomic E-state index is 13.5. The number of benzene rings is 1. The average molecular weight is 391 g/mol. The first kappa shape index (κ1) is 17.8. The molecule has 0 N–H and O–H groups in total. The molecule has 0 fully saturated rings. The van der Waals surface area contributed by atoms with E-state index in [-0.39, 0.29) is 29.4 Å². The van der Waals surface area contributed by atoms with Gasteiger partial charge in [-0.3, -0.25) is 4.68 Å². The van der Waals surface area contributed by atoms with E-state index in [1.54, 1.807) is 11.7 Å². The molecule has 0 saturated carbocycles. The number of hydrogen-bond acceptors (Lipinski definition) is 6. The molecule has 1 aliphatic heterocycles. The lowest BCUT2D eigenvalue weighted by atomic mass is 10.2. The van der Waals surface area contributed by atoms with Crippen molar-refractivity contribution in [2.24, 2.45) is 7.05 Å². The number of fused-ring (bicyclic) bond motifs is 1. The van der Waals surface area contributed by atoms with Crippen LogP contribution < -0.4 is 0 Å². The molecule has 3 aromatic rings. The number of halogens is 1. The third-order valence-electron chi connectivity index (χ3n) is 4.69. The molecular weight excluding hydrogens is 373 g/mol. The summed E-state index contributed by atoms with van der Waals surface area (Å²) in [5.41, 5.74) is 2.29. The highest BCUT2D eigenvalue weighted by Gasteiger charge is 2.36. The van der Waals surface area contributed by atoms with E-state index >= 15 is 0 Å². The van der Waals surface area contributed by atoms with Crippen molar-refractivity contribution in [3.8, 4) is 11.6 Å². The van der Waals surface area contributed by atoms with Crippen LogP contribution in [0, 0.1) is 12.7 Å². The van der Waals surface area contributed by atoms with Crippen LogP contribution in [0.2, 0.25) is 0 Å². The van der Waals surface area contributed by atoms with Gasteiger partial charge in [0.1, 0.15) is 5.82 Å². The van der Waals surface area contributed by atoms with Crippen LogP contribution in [0.15, 0.2) is 27.6 Å². The van der Waals surface area contributed by atoms with Gasteiger partial charge in [-0.2, -0.15) is 14.4 Å². The van der Waals surface area contributed by atoms with E-state index in [4.69, 9.17) is 4.52 Å². The third-order valence-corrected chi connectivity index (χ3v) is 6.48. The lowest BCUT2D eigenvalue weighted by Crippen LogP contribution is -2.26. The number of aryl methyl sites for hydroxylation is 3. The molecule has 1 aliphatic rings. The SMILES string of the molecule is CCc1noc(-c2nn(C)c3c2CN(S(=O)(=O)c2ccc(F)c(C)c2)C3)n1. The Balaban J connectivity index is 1.70. The number of rotatable bonds is 4. The van der Waals surface area contributed by atoms with Crippen molar-refractivity contribution < 1.29 is 17.3 Å². The van der Waals surface area contributed by atoms with Crippen LogP contribution in [-0.4, -0.2) is 32.6 Å². The highest BCUT2D eigenvalue weighted by Crippen LogP contribution is 2.34. The lowest BCUT2D eigenvalue weighted by Gasteiger charge is -2.16.